The molecule has 0 amide bonds. The molecule has 282 valence electrons. The van der Waals surface area contributed by atoms with Crippen molar-refractivity contribution < 1.29 is 0 Å². The summed E-state index contributed by atoms with van der Waals surface area (Å²) in [6.45, 7) is 0. The molecule has 0 aliphatic heterocycles. The summed E-state index contributed by atoms with van der Waals surface area (Å²) in [7, 11) is 0. The number of anilines is 3. The minimum absolute atomic E-state index is 1.08. The van der Waals surface area contributed by atoms with Gasteiger partial charge in [-0.1, -0.05) is 188 Å². The number of nitrogens with zero attached hydrogens (tertiary/aromatic N) is 2. The van der Waals surface area contributed by atoms with E-state index in [2.05, 4.69) is 252 Å². The van der Waals surface area contributed by atoms with Gasteiger partial charge < -0.3 is 9.47 Å². The Bertz CT molecular complexity index is 3300. The molecular formula is C58H40N2. The zero-order valence-electron chi connectivity index (χ0n) is 33.0. The number of hydrogen-bond acceptors (Lipinski definition) is 1. The topological polar surface area (TPSA) is 8.17 Å². The molecule has 2 heteroatoms. The van der Waals surface area contributed by atoms with Gasteiger partial charge in [0.25, 0.3) is 0 Å². The number of para-hydroxylation sites is 2. The first-order valence-electron chi connectivity index (χ1n) is 20.6. The molecular weight excluding hydrogens is 725 g/mol. The lowest BCUT2D eigenvalue weighted by atomic mass is 9.91. The predicted molar refractivity (Wildman–Crippen MR) is 255 cm³/mol. The molecule has 0 saturated carbocycles. The Morgan fingerprint density at radius 2 is 0.800 bits per heavy atom. The molecule has 1 heterocycles. The fraction of sp³-hybridized carbons (Fsp3) is 0. The van der Waals surface area contributed by atoms with Gasteiger partial charge in [0.15, 0.2) is 0 Å². The Kier molecular flexibility index (Phi) is 8.87. The Labute approximate surface area is 350 Å². The molecule has 0 N–H and O–H groups in total. The van der Waals surface area contributed by atoms with Crippen molar-refractivity contribution in [1.82, 2.24) is 4.57 Å². The van der Waals surface area contributed by atoms with Crippen molar-refractivity contribution in [3.05, 3.63) is 243 Å². The van der Waals surface area contributed by atoms with E-state index in [-0.39, 0.29) is 0 Å². The van der Waals surface area contributed by atoms with Crippen molar-refractivity contribution in [2.75, 3.05) is 4.90 Å². The number of benzene rings is 10. The number of fused-ring (bicyclic) bond motifs is 4. The maximum Gasteiger partial charge on any atom is 0.0561 e. The van der Waals surface area contributed by atoms with Crippen molar-refractivity contribution in [2.24, 2.45) is 0 Å². The zero-order valence-corrected chi connectivity index (χ0v) is 33.0. The van der Waals surface area contributed by atoms with Crippen LogP contribution in [0.1, 0.15) is 0 Å². The average molecular weight is 765 g/mol. The molecule has 0 aliphatic carbocycles. The molecule has 0 spiro atoms. The van der Waals surface area contributed by atoms with Crippen LogP contribution >= 0.6 is 0 Å². The van der Waals surface area contributed by atoms with E-state index in [0.717, 1.165) is 28.3 Å². The van der Waals surface area contributed by atoms with Gasteiger partial charge in [-0.2, -0.15) is 0 Å². The summed E-state index contributed by atoms with van der Waals surface area (Å²) < 4.78 is 2.44. The van der Waals surface area contributed by atoms with E-state index >= 15 is 0 Å². The van der Waals surface area contributed by atoms with Crippen LogP contribution in [-0.2, 0) is 0 Å². The Morgan fingerprint density at radius 1 is 0.267 bits per heavy atom. The predicted octanol–water partition coefficient (Wildman–Crippen LogP) is 16.1. The third-order valence-corrected chi connectivity index (χ3v) is 11.8. The van der Waals surface area contributed by atoms with Crippen molar-refractivity contribution in [3.8, 4) is 50.2 Å². The summed E-state index contributed by atoms with van der Waals surface area (Å²) in [5.41, 5.74) is 16.3. The minimum Gasteiger partial charge on any atom is -0.310 e. The second kappa shape index (κ2) is 15.1. The van der Waals surface area contributed by atoms with Gasteiger partial charge in [-0.05, 0) is 110 Å². The van der Waals surface area contributed by atoms with Crippen LogP contribution in [0.4, 0.5) is 17.1 Å². The highest BCUT2D eigenvalue weighted by Crippen LogP contribution is 2.44. The van der Waals surface area contributed by atoms with Gasteiger partial charge >= 0.3 is 0 Å². The Morgan fingerprint density at radius 3 is 1.58 bits per heavy atom. The standard InChI is InChI=1S/C58H40N2/c1-4-18-41(19-5-1)49-28-12-13-30-51(49)44-24-16-27-46(38-44)60-57-33-15-14-31-54(57)55-37-35-48(40-58(55)60)59(45-25-8-3-9-26-45)47-34-36-53(56(39-47)43-20-6-2-7-21-43)52-32-17-23-42-22-10-11-29-50(42)52/h1-40H. The quantitative estimate of drug-likeness (QED) is 0.150. The van der Waals surface area contributed by atoms with Crippen LogP contribution in [0.15, 0.2) is 243 Å². The lowest BCUT2D eigenvalue weighted by Gasteiger charge is -2.27. The van der Waals surface area contributed by atoms with Crippen molar-refractivity contribution >= 4 is 49.6 Å². The van der Waals surface area contributed by atoms with Crippen LogP contribution < -0.4 is 4.90 Å². The highest BCUT2D eigenvalue weighted by Gasteiger charge is 2.20. The maximum atomic E-state index is 2.44. The van der Waals surface area contributed by atoms with Crippen molar-refractivity contribution in [3.63, 3.8) is 0 Å². The largest absolute Gasteiger partial charge is 0.310 e. The number of rotatable bonds is 8. The summed E-state index contributed by atoms with van der Waals surface area (Å²) in [6, 6.07) is 87.9. The molecule has 0 fully saturated rings. The summed E-state index contributed by atoms with van der Waals surface area (Å²) in [5, 5.41) is 4.93. The highest BCUT2D eigenvalue weighted by molar-refractivity contribution is 6.10. The fourth-order valence-electron chi connectivity index (χ4n) is 9.04. The van der Waals surface area contributed by atoms with Crippen LogP contribution in [0.2, 0.25) is 0 Å². The third-order valence-electron chi connectivity index (χ3n) is 11.8. The third kappa shape index (κ3) is 6.23. The molecule has 0 bridgehead atoms. The number of aromatic nitrogens is 1. The van der Waals surface area contributed by atoms with E-state index in [1.165, 1.54) is 71.6 Å². The van der Waals surface area contributed by atoms with Crippen LogP contribution in [0.3, 0.4) is 0 Å². The van der Waals surface area contributed by atoms with E-state index in [0.29, 0.717) is 0 Å². The Balaban J connectivity index is 1.11. The van der Waals surface area contributed by atoms with E-state index in [1.807, 2.05) is 0 Å². The van der Waals surface area contributed by atoms with Crippen LogP contribution in [0, 0.1) is 0 Å². The smallest absolute Gasteiger partial charge is 0.0561 e. The van der Waals surface area contributed by atoms with E-state index in [1.54, 1.807) is 0 Å². The van der Waals surface area contributed by atoms with Crippen LogP contribution in [0.25, 0.3) is 82.8 Å². The molecule has 0 unspecified atom stereocenters. The van der Waals surface area contributed by atoms with Crippen molar-refractivity contribution in [2.45, 2.75) is 0 Å². The van der Waals surface area contributed by atoms with Gasteiger partial charge in [0.2, 0.25) is 0 Å². The lowest BCUT2D eigenvalue weighted by Crippen LogP contribution is -2.10. The van der Waals surface area contributed by atoms with Gasteiger partial charge in [-0.3, -0.25) is 0 Å². The summed E-state index contributed by atoms with van der Waals surface area (Å²) in [4.78, 5) is 2.40. The first-order valence-corrected chi connectivity index (χ1v) is 20.6. The maximum absolute atomic E-state index is 2.44. The van der Waals surface area contributed by atoms with Gasteiger partial charge in [-0.15, -0.1) is 0 Å². The molecule has 0 saturated heterocycles. The highest BCUT2D eigenvalue weighted by atomic mass is 15.1. The summed E-state index contributed by atoms with van der Waals surface area (Å²) in [5.74, 6) is 0. The first-order chi connectivity index (χ1) is 29.8. The molecule has 60 heavy (non-hydrogen) atoms. The lowest BCUT2D eigenvalue weighted by molar-refractivity contribution is 1.18. The molecule has 0 atom stereocenters. The van der Waals surface area contributed by atoms with Gasteiger partial charge in [0.05, 0.1) is 11.0 Å². The van der Waals surface area contributed by atoms with Gasteiger partial charge in [0.1, 0.15) is 0 Å². The van der Waals surface area contributed by atoms with Crippen LogP contribution in [0.5, 0.6) is 0 Å². The monoisotopic (exact) mass is 764 g/mol. The van der Waals surface area contributed by atoms with Crippen LogP contribution in [-0.4, -0.2) is 4.57 Å². The molecule has 0 aliphatic rings. The second-order valence-corrected chi connectivity index (χ2v) is 15.3. The van der Waals surface area contributed by atoms with Crippen molar-refractivity contribution in [1.29, 1.82) is 0 Å². The van der Waals surface area contributed by atoms with E-state index in [4.69, 9.17) is 0 Å². The zero-order chi connectivity index (χ0) is 39.8. The summed E-state index contributed by atoms with van der Waals surface area (Å²) in [6.07, 6.45) is 0. The summed E-state index contributed by atoms with van der Waals surface area (Å²) >= 11 is 0. The normalized spacial score (nSPS) is 11.3. The molecule has 2 nitrogen and oxygen atoms in total. The van der Waals surface area contributed by atoms with Gasteiger partial charge in [-0.25, -0.2) is 0 Å². The van der Waals surface area contributed by atoms with E-state index in [9.17, 15) is 0 Å². The SMILES string of the molecule is c1ccc(-c2ccccc2-c2cccc(-n3c4ccccc4c4ccc(N(c5ccccc5)c5ccc(-c6cccc7ccccc67)c(-c6ccccc6)c5)cc43)c2)cc1. The van der Waals surface area contributed by atoms with Gasteiger partial charge in [0, 0.05) is 33.5 Å². The Hall–Kier alpha value is -7.94. The average Bonchev–Trinajstić information content (AvgIpc) is 3.66. The molecule has 10 aromatic carbocycles. The second-order valence-electron chi connectivity index (χ2n) is 15.3. The molecule has 0 radical (unpaired) electrons. The molecule has 11 aromatic rings. The molecule has 11 rings (SSSR count). The fourth-order valence-corrected chi connectivity index (χ4v) is 9.04. The molecule has 1 aromatic heterocycles. The first kappa shape index (κ1) is 35.2. The minimum atomic E-state index is 1.08. The van der Waals surface area contributed by atoms with E-state index < -0.39 is 0 Å². The number of hydrogen-bond donors (Lipinski definition) is 0.